The fourth-order valence-electron chi connectivity index (χ4n) is 3.46. The number of rotatable bonds is 4. The van der Waals surface area contributed by atoms with Gasteiger partial charge in [0.05, 0.1) is 11.9 Å². The molecule has 1 aromatic carbocycles. The van der Waals surface area contributed by atoms with Crippen molar-refractivity contribution in [2.24, 2.45) is 0 Å². The Kier molecular flexibility index (Phi) is 3.67. The van der Waals surface area contributed by atoms with Gasteiger partial charge in [-0.15, -0.1) is 21.5 Å². The number of aryl methyl sites for hydroxylation is 2. The number of hydrogen-bond acceptors (Lipinski definition) is 6. The molecule has 6 nitrogen and oxygen atoms in total. The lowest BCUT2D eigenvalue weighted by atomic mass is 10.0. The Balaban J connectivity index is 1.51. The Hall–Kier alpha value is -2.80. The number of thiophene rings is 1. The first kappa shape index (κ1) is 15.5. The van der Waals surface area contributed by atoms with E-state index in [-0.39, 0.29) is 0 Å². The summed E-state index contributed by atoms with van der Waals surface area (Å²) in [5.41, 5.74) is 3.60. The highest BCUT2D eigenvalue weighted by Crippen LogP contribution is 2.36. The van der Waals surface area contributed by atoms with E-state index in [1.54, 1.807) is 17.7 Å². The van der Waals surface area contributed by atoms with Gasteiger partial charge in [-0.2, -0.15) is 0 Å². The van der Waals surface area contributed by atoms with E-state index >= 15 is 0 Å². The molecule has 0 saturated heterocycles. The van der Waals surface area contributed by atoms with Gasteiger partial charge in [-0.1, -0.05) is 29.8 Å². The minimum Gasteiger partial charge on any atom is -0.362 e. The lowest BCUT2D eigenvalue weighted by molar-refractivity contribution is 0.695. The van der Waals surface area contributed by atoms with Gasteiger partial charge in [-0.3, -0.25) is 0 Å². The van der Waals surface area contributed by atoms with Crippen molar-refractivity contribution in [2.45, 2.75) is 32.9 Å². The largest absolute Gasteiger partial charge is 0.362 e. The van der Waals surface area contributed by atoms with Crippen LogP contribution in [0.25, 0.3) is 21.3 Å². The predicted octanol–water partition coefficient (Wildman–Crippen LogP) is 3.82. The summed E-state index contributed by atoms with van der Waals surface area (Å²) < 4.78 is 2.21. The second-order valence-corrected chi connectivity index (χ2v) is 7.42. The summed E-state index contributed by atoms with van der Waals surface area (Å²) in [6.45, 7) is 3.72. The number of aromatic nitrogens is 5. The SMILES string of the molecule is Cc1ccc(-c2csc3ncnc(NCc4nnc5n4CCC5)c23)cc1. The lowest BCUT2D eigenvalue weighted by Gasteiger charge is -2.09. The van der Waals surface area contributed by atoms with Crippen LogP contribution in [0.4, 0.5) is 5.82 Å². The van der Waals surface area contributed by atoms with E-state index in [4.69, 9.17) is 0 Å². The monoisotopic (exact) mass is 362 g/mol. The number of anilines is 1. The molecule has 1 aliphatic heterocycles. The molecule has 130 valence electrons. The second kappa shape index (κ2) is 6.17. The minimum atomic E-state index is 0.613. The molecule has 1 N–H and O–H groups in total. The molecule has 26 heavy (non-hydrogen) atoms. The molecule has 0 fully saturated rings. The first-order chi connectivity index (χ1) is 12.8. The van der Waals surface area contributed by atoms with Crippen molar-refractivity contribution in [1.29, 1.82) is 0 Å². The normalized spacial score (nSPS) is 13.3. The fraction of sp³-hybridized carbons (Fsp3) is 0.263. The molecule has 4 heterocycles. The van der Waals surface area contributed by atoms with Crippen molar-refractivity contribution >= 4 is 27.4 Å². The number of nitrogens with one attached hydrogen (secondary N) is 1. The van der Waals surface area contributed by atoms with Crippen LogP contribution >= 0.6 is 11.3 Å². The Morgan fingerprint density at radius 1 is 1.15 bits per heavy atom. The van der Waals surface area contributed by atoms with Gasteiger partial charge in [0, 0.05) is 23.9 Å². The topological polar surface area (TPSA) is 68.5 Å². The first-order valence-corrected chi connectivity index (χ1v) is 9.61. The Morgan fingerprint density at radius 3 is 2.92 bits per heavy atom. The number of fused-ring (bicyclic) bond motifs is 2. The van der Waals surface area contributed by atoms with Crippen LogP contribution in [-0.2, 0) is 19.5 Å². The van der Waals surface area contributed by atoms with E-state index in [1.807, 2.05) is 0 Å². The molecule has 0 unspecified atom stereocenters. The van der Waals surface area contributed by atoms with Crippen molar-refractivity contribution in [3.63, 3.8) is 0 Å². The van der Waals surface area contributed by atoms with Gasteiger partial charge in [0.2, 0.25) is 0 Å². The highest BCUT2D eigenvalue weighted by molar-refractivity contribution is 7.17. The summed E-state index contributed by atoms with van der Waals surface area (Å²) in [5, 5.41) is 15.3. The first-order valence-electron chi connectivity index (χ1n) is 8.73. The van der Waals surface area contributed by atoms with Crippen LogP contribution in [-0.4, -0.2) is 24.7 Å². The van der Waals surface area contributed by atoms with Gasteiger partial charge in [0.25, 0.3) is 0 Å². The maximum atomic E-state index is 4.50. The van der Waals surface area contributed by atoms with Crippen LogP contribution in [0.15, 0.2) is 36.0 Å². The van der Waals surface area contributed by atoms with Gasteiger partial charge in [-0.25, -0.2) is 9.97 Å². The van der Waals surface area contributed by atoms with Crippen LogP contribution in [0, 0.1) is 6.92 Å². The van der Waals surface area contributed by atoms with Crippen molar-refractivity contribution in [1.82, 2.24) is 24.7 Å². The molecule has 7 heteroatoms. The standard InChI is InChI=1S/C19H18N6S/c1-12-4-6-13(7-5-12)14-10-26-19-17(14)18(21-11-22-19)20-9-16-24-23-15-3-2-8-25(15)16/h4-7,10-11H,2-3,8-9H2,1H3,(H,20,21,22). The van der Waals surface area contributed by atoms with Gasteiger partial charge in [0.15, 0.2) is 5.82 Å². The van der Waals surface area contributed by atoms with E-state index in [2.05, 4.69) is 66.6 Å². The molecular formula is C19H18N6S. The Bertz CT molecular complexity index is 1080. The highest BCUT2D eigenvalue weighted by atomic mass is 32.1. The van der Waals surface area contributed by atoms with Gasteiger partial charge in [0.1, 0.15) is 22.8 Å². The van der Waals surface area contributed by atoms with Crippen LogP contribution in [0.3, 0.4) is 0 Å². The van der Waals surface area contributed by atoms with Crippen molar-refractivity contribution in [2.75, 3.05) is 5.32 Å². The highest BCUT2D eigenvalue weighted by Gasteiger charge is 2.18. The molecule has 0 amide bonds. The van der Waals surface area contributed by atoms with Gasteiger partial charge in [-0.05, 0) is 18.9 Å². The fourth-order valence-corrected chi connectivity index (χ4v) is 4.37. The summed E-state index contributed by atoms with van der Waals surface area (Å²) in [6, 6.07) is 8.57. The summed E-state index contributed by atoms with van der Waals surface area (Å²) in [5.74, 6) is 2.91. The average molecular weight is 362 g/mol. The minimum absolute atomic E-state index is 0.613. The third-order valence-corrected chi connectivity index (χ3v) is 5.72. The quantitative estimate of drug-likeness (QED) is 0.598. The molecule has 0 atom stereocenters. The molecule has 3 aromatic heterocycles. The van der Waals surface area contributed by atoms with Crippen LogP contribution < -0.4 is 5.32 Å². The molecule has 0 spiro atoms. The molecule has 0 radical (unpaired) electrons. The van der Waals surface area contributed by atoms with Gasteiger partial charge < -0.3 is 9.88 Å². The molecule has 0 bridgehead atoms. The third kappa shape index (κ3) is 2.55. The zero-order chi connectivity index (χ0) is 17.5. The molecule has 1 aliphatic rings. The Labute approximate surface area is 155 Å². The molecule has 4 aromatic rings. The smallest absolute Gasteiger partial charge is 0.152 e. The van der Waals surface area contributed by atoms with Crippen LogP contribution in [0.2, 0.25) is 0 Å². The zero-order valence-electron chi connectivity index (χ0n) is 14.4. The average Bonchev–Trinajstić information content (AvgIpc) is 3.37. The van der Waals surface area contributed by atoms with Crippen LogP contribution in [0.5, 0.6) is 0 Å². The predicted molar refractivity (Wildman–Crippen MR) is 103 cm³/mol. The van der Waals surface area contributed by atoms with Crippen LogP contribution in [0.1, 0.15) is 23.6 Å². The number of hydrogen-bond donors (Lipinski definition) is 1. The third-order valence-electron chi connectivity index (χ3n) is 4.83. The summed E-state index contributed by atoms with van der Waals surface area (Å²) in [4.78, 5) is 9.94. The molecule has 0 aliphatic carbocycles. The van der Waals surface area contributed by atoms with Crippen molar-refractivity contribution in [3.05, 3.63) is 53.2 Å². The van der Waals surface area contributed by atoms with Crippen molar-refractivity contribution in [3.8, 4) is 11.1 Å². The van der Waals surface area contributed by atoms with E-state index in [9.17, 15) is 0 Å². The zero-order valence-corrected chi connectivity index (χ0v) is 15.3. The van der Waals surface area contributed by atoms with E-state index in [0.717, 1.165) is 47.1 Å². The lowest BCUT2D eigenvalue weighted by Crippen LogP contribution is -2.08. The van der Waals surface area contributed by atoms with Gasteiger partial charge >= 0.3 is 0 Å². The number of nitrogens with zero attached hydrogens (tertiary/aromatic N) is 5. The molecule has 5 rings (SSSR count). The second-order valence-electron chi connectivity index (χ2n) is 6.56. The summed E-state index contributed by atoms with van der Waals surface area (Å²) >= 11 is 1.65. The number of benzene rings is 1. The molecule has 0 saturated carbocycles. The van der Waals surface area contributed by atoms with E-state index in [0.29, 0.717) is 6.54 Å². The summed E-state index contributed by atoms with van der Waals surface area (Å²) in [6.07, 6.45) is 3.79. The maximum absolute atomic E-state index is 4.50. The Morgan fingerprint density at radius 2 is 2.04 bits per heavy atom. The van der Waals surface area contributed by atoms with E-state index < -0.39 is 0 Å². The maximum Gasteiger partial charge on any atom is 0.152 e. The van der Waals surface area contributed by atoms with E-state index in [1.165, 1.54) is 16.7 Å². The molecular weight excluding hydrogens is 344 g/mol. The summed E-state index contributed by atoms with van der Waals surface area (Å²) in [7, 11) is 0. The van der Waals surface area contributed by atoms with Crippen molar-refractivity contribution < 1.29 is 0 Å².